The predicted octanol–water partition coefficient (Wildman–Crippen LogP) is 3.97. The molecular formula is C17H20N2O4. The molecule has 0 radical (unpaired) electrons. The van der Waals surface area contributed by atoms with Crippen molar-refractivity contribution in [1.29, 1.82) is 5.26 Å². The molecule has 0 aliphatic rings. The Hall–Kier alpha value is -2.68. The number of nitro groups is 1. The molecule has 0 fully saturated rings. The first-order chi connectivity index (χ1) is 10.9. The van der Waals surface area contributed by atoms with Gasteiger partial charge in [0.25, 0.3) is 5.69 Å². The van der Waals surface area contributed by atoms with Crippen LogP contribution in [0.5, 0.6) is 0 Å². The third kappa shape index (κ3) is 5.22. The SMILES string of the molecule is CCCCOC(=O)C(C#N)=Cc1ccc(C(C)C)c([N+](=O)[O-])c1. The molecule has 1 rings (SSSR count). The maximum Gasteiger partial charge on any atom is 0.348 e. The molecule has 1 aromatic rings. The van der Waals surface area contributed by atoms with E-state index in [-0.39, 0.29) is 23.8 Å². The van der Waals surface area contributed by atoms with Gasteiger partial charge < -0.3 is 4.74 Å². The highest BCUT2D eigenvalue weighted by Crippen LogP contribution is 2.28. The third-order valence-corrected chi connectivity index (χ3v) is 3.26. The van der Waals surface area contributed by atoms with Gasteiger partial charge in [0, 0.05) is 11.6 Å². The van der Waals surface area contributed by atoms with Crippen molar-refractivity contribution < 1.29 is 14.5 Å². The number of hydrogen-bond acceptors (Lipinski definition) is 5. The number of esters is 1. The van der Waals surface area contributed by atoms with Crippen LogP contribution in [0, 0.1) is 21.4 Å². The van der Waals surface area contributed by atoms with Gasteiger partial charge in [-0.1, -0.05) is 39.3 Å². The van der Waals surface area contributed by atoms with Crippen molar-refractivity contribution in [3.63, 3.8) is 0 Å². The van der Waals surface area contributed by atoms with Crippen LogP contribution in [0.4, 0.5) is 5.69 Å². The molecule has 0 saturated heterocycles. The van der Waals surface area contributed by atoms with E-state index in [1.165, 1.54) is 12.1 Å². The molecule has 1 aromatic carbocycles. The van der Waals surface area contributed by atoms with Gasteiger partial charge in [0.2, 0.25) is 0 Å². The number of carbonyl (C=O) groups is 1. The lowest BCUT2D eigenvalue weighted by Gasteiger charge is -2.07. The number of carbonyl (C=O) groups excluding carboxylic acids is 1. The first-order valence-corrected chi connectivity index (χ1v) is 7.48. The fourth-order valence-corrected chi connectivity index (χ4v) is 1.99. The molecule has 23 heavy (non-hydrogen) atoms. The zero-order valence-electron chi connectivity index (χ0n) is 13.5. The van der Waals surface area contributed by atoms with Gasteiger partial charge in [0.1, 0.15) is 11.6 Å². The molecule has 0 N–H and O–H groups in total. The van der Waals surface area contributed by atoms with E-state index in [0.29, 0.717) is 11.1 Å². The molecule has 6 heteroatoms. The average Bonchev–Trinajstić information content (AvgIpc) is 2.52. The number of nitro benzene ring substituents is 1. The molecule has 0 aliphatic carbocycles. The van der Waals surface area contributed by atoms with Crippen LogP contribution in [-0.2, 0) is 9.53 Å². The summed E-state index contributed by atoms with van der Waals surface area (Å²) in [5.74, 6) is -0.709. The lowest BCUT2D eigenvalue weighted by Crippen LogP contribution is -2.07. The fourth-order valence-electron chi connectivity index (χ4n) is 1.99. The van der Waals surface area contributed by atoms with Crippen LogP contribution in [0.3, 0.4) is 0 Å². The number of ether oxygens (including phenoxy) is 1. The second-order valence-corrected chi connectivity index (χ2v) is 5.39. The normalized spacial score (nSPS) is 11.2. The maximum atomic E-state index is 11.8. The van der Waals surface area contributed by atoms with E-state index in [0.717, 1.165) is 12.8 Å². The Bertz CT molecular complexity index is 657. The molecular weight excluding hydrogens is 296 g/mol. The van der Waals surface area contributed by atoms with Gasteiger partial charge in [-0.2, -0.15) is 5.26 Å². The summed E-state index contributed by atoms with van der Waals surface area (Å²) in [4.78, 5) is 22.5. The van der Waals surface area contributed by atoms with Gasteiger partial charge in [0.15, 0.2) is 0 Å². The zero-order valence-corrected chi connectivity index (χ0v) is 13.5. The van der Waals surface area contributed by atoms with Crippen molar-refractivity contribution in [2.75, 3.05) is 6.61 Å². The summed E-state index contributed by atoms with van der Waals surface area (Å²) >= 11 is 0. The quantitative estimate of drug-likeness (QED) is 0.189. The molecule has 0 heterocycles. The summed E-state index contributed by atoms with van der Waals surface area (Å²) in [5, 5.41) is 20.3. The van der Waals surface area contributed by atoms with Crippen LogP contribution in [0.1, 0.15) is 50.7 Å². The Morgan fingerprint density at radius 2 is 2.17 bits per heavy atom. The van der Waals surface area contributed by atoms with E-state index in [1.54, 1.807) is 18.2 Å². The van der Waals surface area contributed by atoms with Gasteiger partial charge in [-0.3, -0.25) is 10.1 Å². The molecule has 0 atom stereocenters. The second kappa shape index (κ2) is 8.69. The van der Waals surface area contributed by atoms with E-state index in [9.17, 15) is 14.9 Å². The van der Waals surface area contributed by atoms with Crippen LogP contribution < -0.4 is 0 Å². The van der Waals surface area contributed by atoms with Crippen molar-refractivity contribution in [2.24, 2.45) is 0 Å². The Morgan fingerprint density at radius 3 is 2.70 bits per heavy atom. The summed E-state index contributed by atoms with van der Waals surface area (Å²) < 4.78 is 4.98. The molecule has 0 spiro atoms. The van der Waals surface area contributed by atoms with Crippen molar-refractivity contribution in [3.05, 3.63) is 45.0 Å². The highest BCUT2D eigenvalue weighted by Gasteiger charge is 2.17. The summed E-state index contributed by atoms with van der Waals surface area (Å²) in [6, 6.07) is 6.44. The topological polar surface area (TPSA) is 93.2 Å². The van der Waals surface area contributed by atoms with Crippen molar-refractivity contribution >= 4 is 17.7 Å². The second-order valence-electron chi connectivity index (χ2n) is 5.39. The smallest absolute Gasteiger partial charge is 0.348 e. The Balaban J connectivity index is 3.09. The first-order valence-electron chi connectivity index (χ1n) is 7.48. The fraction of sp³-hybridized carbons (Fsp3) is 0.412. The van der Waals surface area contributed by atoms with E-state index >= 15 is 0 Å². The largest absolute Gasteiger partial charge is 0.462 e. The highest BCUT2D eigenvalue weighted by molar-refractivity contribution is 5.98. The predicted molar refractivity (Wildman–Crippen MR) is 86.6 cm³/mol. The maximum absolute atomic E-state index is 11.8. The van der Waals surface area contributed by atoms with E-state index in [1.807, 2.05) is 20.8 Å². The average molecular weight is 316 g/mol. The van der Waals surface area contributed by atoms with Crippen molar-refractivity contribution in [1.82, 2.24) is 0 Å². The van der Waals surface area contributed by atoms with Gasteiger partial charge in [0.05, 0.1) is 11.5 Å². The standard InChI is InChI=1S/C17H20N2O4/c1-4-5-8-23-17(20)14(11-18)9-13-6-7-15(12(2)3)16(10-13)19(21)22/h6-7,9-10,12H,4-5,8H2,1-3H3. The first kappa shape index (κ1) is 18.4. The van der Waals surface area contributed by atoms with E-state index in [2.05, 4.69) is 0 Å². The van der Waals surface area contributed by atoms with Crippen LogP contribution in [0.2, 0.25) is 0 Å². The summed E-state index contributed by atoms with van der Waals surface area (Å²) in [5.41, 5.74) is 0.833. The van der Waals surface area contributed by atoms with Gasteiger partial charge >= 0.3 is 5.97 Å². The highest BCUT2D eigenvalue weighted by atomic mass is 16.6. The summed E-state index contributed by atoms with van der Waals surface area (Å²) in [6.07, 6.45) is 2.91. The van der Waals surface area contributed by atoms with E-state index < -0.39 is 10.9 Å². The molecule has 0 bridgehead atoms. The Labute approximate surface area is 135 Å². The molecule has 0 aliphatic heterocycles. The number of nitriles is 1. The lowest BCUT2D eigenvalue weighted by molar-refractivity contribution is -0.385. The molecule has 0 unspecified atom stereocenters. The molecule has 0 saturated carbocycles. The lowest BCUT2D eigenvalue weighted by atomic mass is 9.98. The third-order valence-electron chi connectivity index (χ3n) is 3.26. The van der Waals surface area contributed by atoms with Crippen molar-refractivity contribution in [2.45, 2.75) is 39.5 Å². The van der Waals surface area contributed by atoms with Gasteiger partial charge in [-0.15, -0.1) is 0 Å². The molecule has 0 amide bonds. The van der Waals surface area contributed by atoms with E-state index in [4.69, 9.17) is 10.00 Å². The minimum Gasteiger partial charge on any atom is -0.462 e. The van der Waals surface area contributed by atoms with Crippen LogP contribution in [0.15, 0.2) is 23.8 Å². The van der Waals surface area contributed by atoms with Crippen LogP contribution in [0.25, 0.3) is 6.08 Å². The zero-order chi connectivity index (χ0) is 17.4. The Morgan fingerprint density at radius 1 is 1.48 bits per heavy atom. The Kier molecular flexibility index (Phi) is 6.94. The van der Waals surface area contributed by atoms with Gasteiger partial charge in [-0.25, -0.2) is 4.79 Å². The van der Waals surface area contributed by atoms with Gasteiger partial charge in [-0.05, 0) is 24.0 Å². The molecule has 0 aromatic heterocycles. The minimum absolute atomic E-state index is 0.00266. The van der Waals surface area contributed by atoms with Crippen LogP contribution >= 0.6 is 0 Å². The molecule has 6 nitrogen and oxygen atoms in total. The number of unbranched alkanes of at least 4 members (excludes halogenated alkanes) is 1. The monoisotopic (exact) mass is 316 g/mol. The van der Waals surface area contributed by atoms with Crippen molar-refractivity contribution in [3.8, 4) is 6.07 Å². The number of rotatable bonds is 7. The molecule has 122 valence electrons. The number of nitrogens with zero attached hydrogens (tertiary/aromatic N) is 2. The summed E-state index contributed by atoms with van der Waals surface area (Å²) in [6.45, 7) is 5.94. The van der Waals surface area contributed by atoms with Crippen LogP contribution in [-0.4, -0.2) is 17.5 Å². The number of hydrogen-bond donors (Lipinski definition) is 0. The number of benzene rings is 1. The minimum atomic E-state index is -0.712. The summed E-state index contributed by atoms with van der Waals surface area (Å²) in [7, 11) is 0.